The number of hydrogen-bond acceptors (Lipinski definition) is 7. The molecule has 7 N–H and O–H groups in total. The third-order valence-corrected chi connectivity index (χ3v) is 3.39. The van der Waals surface area contributed by atoms with Crippen LogP contribution in [-0.2, 0) is 24.0 Å². The van der Waals surface area contributed by atoms with Crippen LogP contribution < -0.4 is 21.7 Å². The molecule has 147 valence electrons. The summed E-state index contributed by atoms with van der Waals surface area (Å²) >= 11 is 0. The Morgan fingerprint density at radius 1 is 1.00 bits per heavy atom. The van der Waals surface area contributed by atoms with Crippen LogP contribution in [0.5, 0.6) is 0 Å². The quantitative estimate of drug-likeness (QED) is 0.221. The lowest BCUT2D eigenvalue weighted by Gasteiger charge is -2.22. The van der Waals surface area contributed by atoms with Crippen molar-refractivity contribution in [1.82, 2.24) is 16.0 Å². The largest absolute Gasteiger partial charge is 0.481 e. The first kappa shape index (κ1) is 23.5. The maximum atomic E-state index is 12.2. The van der Waals surface area contributed by atoms with E-state index in [0.29, 0.717) is 0 Å². The predicted octanol–water partition coefficient (Wildman–Crippen LogP) is -2.98. The van der Waals surface area contributed by atoms with E-state index in [2.05, 4.69) is 16.0 Å². The number of aliphatic hydroxyl groups is 1. The Kier molecular flexibility index (Phi) is 10.1. The van der Waals surface area contributed by atoms with Crippen molar-refractivity contribution in [1.29, 1.82) is 0 Å². The smallest absolute Gasteiger partial charge is 0.305 e. The molecule has 1 radical (unpaired) electrons. The van der Waals surface area contributed by atoms with E-state index in [1.54, 1.807) is 20.1 Å². The molecule has 0 aliphatic rings. The van der Waals surface area contributed by atoms with Crippen molar-refractivity contribution in [3.8, 4) is 0 Å². The third-order valence-electron chi connectivity index (χ3n) is 3.39. The van der Waals surface area contributed by atoms with Gasteiger partial charge in [-0.1, -0.05) is 13.8 Å². The van der Waals surface area contributed by atoms with Gasteiger partial charge in [-0.25, -0.2) is 0 Å². The summed E-state index contributed by atoms with van der Waals surface area (Å²) in [5.41, 5.74) is 5.30. The summed E-state index contributed by atoms with van der Waals surface area (Å²) in [6, 6.07) is -4.78. The van der Waals surface area contributed by atoms with E-state index in [0.717, 1.165) is 0 Å². The topological polar surface area (TPSA) is 188 Å². The van der Waals surface area contributed by atoms with Crippen LogP contribution in [0.2, 0.25) is 0 Å². The molecule has 0 bridgehead atoms. The summed E-state index contributed by atoms with van der Waals surface area (Å²) in [4.78, 5) is 57.5. The van der Waals surface area contributed by atoms with E-state index in [1.165, 1.54) is 6.92 Å². The SMILES string of the molecule is CC(C)[C@@H]([C]=O)NC(=O)[C@H](C)NC(=O)[C@H](CC(=O)O)NC(=O)[C@@H](N)CO. The van der Waals surface area contributed by atoms with Crippen molar-refractivity contribution >= 4 is 30.0 Å². The fourth-order valence-corrected chi connectivity index (χ4v) is 1.74. The van der Waals surface area contributed by atoms with Gasteiger partial charge >= 0.3 is 5.97 Å². The van der Waals surface area contributed by atoms with Gasteiger partial charge in [0.1, 0.15) is 18.1 Å². The number of aliphatic hydroxyl groups excluding tert-OH is 1. The number of carboxylic acids is 1. The maximum Gasteiger partial charge on any atom is 0.305 e. The van der Waals surface area contributed by atoms with Gasteiger partial charge in [-0.2, -0.15) is 0 Å². The summed E-state index contributed by atoms with van der Waals surface area (Å²) in [6.07, 6.45) is 0.918. The van der Waals surface area contributed by atoms with Crippen molar-refractivity contribution in [2.24, 2.45) is 11.7 Å². The number of nitrogens with one attached hydrogen (secondary N) is 3. The van der Waals surface area contributed by atoms with Gasteiger partial charge in [0, 0.05) is 0 Å². The van der Waals surface area contributed by atoms with Gasteiger partial charge < -0.3 is 31.9 Å². The van der Waals surface area contributed by atoms with E-state index >= 15 is 0 Å². The van der Waals surface area contributed by atoms with Gasteiger partial charge in [0.15, 0.2) is 0 Å². The van der Waals surface area contributed by atoms with Gasteiger partial charge in [0.2, 0.25) is 24.0 Å². The molecule has 0 spiro atoms. The molecule has 0 saturated carbocycles. The Hall–Kier alpha value is -2.53. The molecule has 0 rings (SSSR count). The predicted molar refractivity (Wildman–Crippen MR) is 89.3 cm³/mol. The van der Waals surface area contributed by atoms with Crippen molar-refractivity contribution < 1.29 is 34.2 Å². The molecule has 11 nitrogen and oxygen atoms in total. The highest BCUT2D eigenvalue weighted by molar-refractivity contribution is 5.95. The molecular formula is C15H25N4O7. The standard InChI is InChI=1S/C15H25N4O7/c1-7(2)11(6-21)19-13(24)8(3)17-15(26)10(4-12(22)23)18-14(25)9(16)5-20/h7-11,20H,4-5,16H2,1-3H3,(H,17,26)(H,18,25)(H,19,24)(H,22,23)/t8-,9-,10-,11+/m0/s1. The Labute approximate surface area is 150 Å². The van der Waals surface area contributed by atoms with E-state index in [1.807, 2.05) is 0 Å². The van der Waals surface area contributed by atoms with Crippen LogP contribution in [0.4, 0.5) is 0 Å². The summed E-state index contributed by atoms with van der Waals surface area (Å²) in [5, 5.41) is 24.4. The van der Waals surface area contributed by atoms with Gasteiger partial charge in [0.25, 0.3) is 0 Å². The average Bonchev–Trinajstić information content (AvgIpc) is 2.56. The Balaban J connectivity index is 4.95. The molecule has 3 amide bonds. The zero-order valence-corrected chi connectivity index (χ0v) is 14.8. The minimum atomic E-state index is -1.49. The maximum absolute atomic E-state index is 12.2. The van der Waals surface area contributed by atoms with Crippen LogP contribution in [0.25, 0.3) is 0 Å². The summed E-state index contributed by atoms with van der Waals surface area (Å²) in [6.45, 7) is 4.03. The molecule has 0 saturated heterocycles. The van der Waals surface area contributed by atoms with Crippen molar-refractivity contribution in [3.05, 3.63) is 0 Å². The van der Waals surface area contributed by atoms with E-state index in [4.69, 9.17) is 15.9 Å². The molecule has 0 fully saturated rings. The number of carboxylic acid groups (broad SMARTS) is 1. The molecule has 0 aliphatic heterocycles. The molecule has 0 heterocycles. The van der Waals surface area contributed by atoms with Crippen molar-refractivity contribution in [2.75, 3.05) is 6.61 Å². The lowest BCUT2D eigenvalue weighted by molar-refractivity contribution is -0.141. The highest BCUT2D eigenvalue weighted by Gasteiger charge is 2.29. The first-order valence-corrected chi connectivity index (χ1v) is 7.90. The third kappa shape index (κ3) is 8.03. The summed E-state index contributed by atoms with van der Waals surface area (Å²) in [7, 11) is 0. The Bertz CT molecular complexity index is 538. The highest BCUT2D eigenvalue weighted by atomic mass is 16.4. The minimum absolute atomic E-state index is 0.210. The lowest BCUT2D eigenvalue weighted by atomic mass is 10.1. The van der Waals surface area contributed by atoms with Gasteiger partial charge in [-0.05, 0) is 12.8 Å². The number of carbonyl (C=O) groups excluding carboxylic acids is 4. The molecule has 0 unspecified atom stereocenters. The summed E-state index contributed by atoms with van der Waals surface area (Å²) < 4.78 is 0. The Morgan fingerprint density at radius 3 is 2.00 bits per heavy atom. The lowest BCUT2D eigenvalue weighted by Crippen LogP contribution is -2.57. The number of aliphatic carboxylic acids is 1. The number of rotatable bonds is 11. The second-order valence-corrected chi connectivity index (χ2v) is 6.03. The first-order valence-electron chi connectivity index (χ1n) is 7.90. The first-order chi connectivity index (χ1) is 12.0. The van der Waals surface area contributed by atoms with Crippen LogP contribution in [0, 0.1) is 5.92 Å². The molecule has 11 heteroatoms. The van der Waals surface area contributed by atoms with E-state index in [9.17, 15) is 24.0 Å². The number of amides is 3. The number of carbonyl (C=O) groups is 4. The normalized spacial score (nSPS) is 15.3. The fraction of sp³-hybridized carbons (Fsp3) is 0.667. The molecule has 0 aromatic rings. The minimum Gasteiger partial charge on any atom is -0.481 e. The molecule has 0 aliphatic carbocycles. The monoisotopic (exact) mass is 373 g/mol. The van der Waals surface area contributed by atoms with E-state index < -0.39 is 60.9 Å². The van der Waals surface area contributed by atoms with Gasteiger partial charge in [0.05, 0.1) is 19.1 Å². The molecule has 4 atom stereocenters. The molecule has 0 aromatic heterocycles. The van der Waals surface area contributed by atoms with E-state index in [-0.39, 0.29) is 5.92 Å². The second kappa shape index (κ2) is 11.2. The number of nitrogens with two attached hydrogens (primary N) is 1. The van der Waals surface area contributed by atoms with Crippen LogP contribution in [0.15, 0.2) is 0 Å². The van der Waals surface area contributed by atoms with Crippen LogP contribution in [-0.4, -0.2) is 71.0 Å². The Morgan fingerprint density at radius 2 is 1.58 bits per heavy atom. The van der Waals surface area contributed by atoms with Crippen LogP contribution in [0.1, 0.15) is 27.2 Å². The average molecular weight is 373 g/mol. The van der Waals surface area contributed by atoms with Crippen molar-refractivity contribution in [2.45, 2.75) is 51.4 Å². The van der Waals surface area contributed by atoms with Crippen molar-refractivity contribution in [3.63, 3.8) is 0 Å². The highest BCUT2D eigenvalue weighted by Crippen LogP contribution is 2.00. The number of hydrogen-bond donors (Lipinski definition) is 6. The zero-order valence-electron chi connectivity index (χ0n) is 14.8. The second-order valence-electron chi connectivity index (χ2n) is 6.03. The zero-order chi connectivity index (χ0) is 20.4. The molecular weight excluding hydrogens is 348 g/mol. The fourth-order valence-electron chi connectivity index (χ4n) is 1.74. The van der Waals surface area contributed by atoms with Crippen LogP contribution in [0.3, 0.4) is 0 Å². The van der Waals surface area contributed by atoms with Gasteiger partial charge in [-0.15, -0.1) is 0 Å². The van der Waals surface area contributed by atoms with Crippen LogP contribution >= 0.6 is 0 Å². The molecule has 26 heavy (non-hydrogen) atoms. The summed E-state index contributed by atoms with van der Waals surface area (Å²) in [5.74, 6) is -4.09. The molecule has 0 aromatic carbocycles. The van der Waals surface area contributed by atoms with Gasteiger partial charge in [-0.3, -0.25) is 24.0 Å².